The van der Waals surface area contributed by atoms with Crippen LogP contribution in [0.2, 0.25) is 0 Å². The fraction of sp³-hybridized carbons (Fsp3) is 0.750. The fourth-order valence-corrected chi connectivity index (χ4v) is 1.34. The maximum Gasteiger partial charge on any atom is 0.328 e. The van der Waals surface area contributed by atoms with Crippen molar-refractivity contribution in [2.24, 2.45) is 0 Å². The van der Waals surface area contributed by atoms with Gasteiger partial charge in [0.25, 0.3) is 0 Å². The van der Waals surface area contributed by atoms with Crippen molar-refractivity contribution < 1.29 is 14.9 Å². The van der Waals surface area contributed by atoms with Gasteiger partial charge in [0.15, 0.2) is 0 Å². The molecular weight excluding hydrogens is 231 g/mol. The van der Waals surface area contributed by atoms with Gasteiger partial charge in [0.1, 0.15) is 0 Å². The minimum absolute atomic E-state index is 0.148. The van der Waals surface area contributed by atoms with Crippen molar-refractivity contribution in [2.45, 2.75) is 51.9 Å². The Bertz CT molecular complexity index is 372. The van der Waals surface area contributed by atoms with E-state index < -0.39 is 11.2 Å². The predicted octanol–water partition coefficient (Wildman–Crippen LogP) is -0.192. The Morgan fingerprint density at radius 2 is 2.06 bits per heavy atom. The number of aromatic nitrogens is 2. The van der Waals surface area contributed by atoms with Gasteiger partial charge in [-0.15, -0.1) is 0 Å². The molecule has 18 heavy (non-hydrogen) atoms. The topological polar surface area (TPSA) is 67.5 Å². The lowest BCUT2D eigenvalue weighted by Crippen LogP contribution is -2.49. The number of nitrogens with zero attached hydrogens (tertiary/aromatic N) is 2. The average Bonchev–Trinajstić information content (AvgIpc) is 2.69. The van der Waals surface area contributed by atoms with E-state index in [0.29, 0.717) is 20.4 Å². The summed E-state index contributed by atoms with van der Waals surface area (Å²) in [5.74, 6) is 0. The Labute approximate surface area is 109 Å². The lowest BCUT2D eigenvalue weighted by atomic mass is 9.85. The van der Waals surface area contributed by atoms with Crippen molar-refractivity contribution in [3.8, 4) is 0 Å². The van der Waals surface area contributed by atoms with Gasteiger partial charge < -0.3 is 14.9 Å². The predicted molar refractivity (Wildman–Crippen MR) is 72.2 cm³/mol. The molecule has 0 saturated heterocycles. The zero-order valence-electron chi connectivity index (χ0n) is 11.7. The van der Waals surface area contributed by atoms with Crippen LogP contribution in [0.5, 0.6) is 0 Å². The van der Waals surface area contributed by atoms with E-state index in [1.807, 2.05) is 24.6 Å². The lowest BCUT2D eigenvalue weighted by Gasteiger charge is -2.37. The van der Waals surface area contributed by atoms with E-state index in [1.165, 1.54) is 0 Å². The third-order valence-electron chi connectivity index (χ3n) is 3.39. The molecule has 0 unspecified atom stereocenters. The first-order valence-electron chi connectivity index (χ1n) is 6.26. The van der Waals surface area contributed by atoms with E-state index in [0.717, 1.165) is 5.59 Å². The van der Waals surface area contributed by atoms with Crippen LogP contribution in [-0.2, 0) is 11.2 Å². The van der Waals surface area contributed by atoms with Crippen molar-refractivity contribution in [1.82, 2.24) is 9.78 Å². The second-order valence-corrected chi connectivity index (χ2v) is 5.48. The van der Waals surface area contributed by atoms with E-state index in [2.05, 4.69) is 5.10 Å². The molecule has 0 amide bonds. The first-order chi connectivity index (χ1) is 8.28. The summed E-state index contributed by atoms with van der Waals surface area (Å²) in [6.07, 6.45) is 2.39. The Hall–Kier alpha value is -0.845. The molecule has 2 N–H and O–H groups in total. The highest BCUT2D eigenvalue weighted by atomic mass is 16.5. The number of hydrogen-bond acceptors (Lipinski definition) is 4. The normalized spacial score (nSPS) is 12.8. The van der Waals surface area contributed by atoms with Crippen molar-refractivity contribution in [1.29, 1.82) is 0 Å². The highest BCUT2D eigenvalue weighted by molar-refractivity contribution is 6.45. The van der Waals surface area contributed by atoms with Gasteiger partial charge in [-0.25, -0.2) is 0 Å². The first kappa shape index (κ1) is 15.2. The van der Waals surface area contributed by atoms with Gasteiger partial charge in [-0.2, -0.15) is 5.10 Å². The molecule has 1 heterocycles. The van der Waals surface area contributed by atoms with Gasteiger partial charge in [-0.1, -0.05) is 0 Å². The lowest BCUT2D eigenvalue weighted by molar-refractivity contribution is -0.0894. The molecule has 0 atom stereocenters. The second-order valence-electron chi connectivity index (χ2n) is 5.48. The number of aliphatic hydroxyl groups excluding tert-OH is 1. The first-order valence-corrected chi connectivity index (χ1v) is 6.26. The summed E-state index contributed by atoms with van der Waals surface area (Å²) in [6.45, 7) is 8.01. The van der Waals surface area contributed by atoms with E-state index in [1.54, 1.807) is 20.0 Å². The summed E-state index contributed by atoms with van der Waals surface area (Å²) >= 11 is 0. The molecule has 0 aliphatic carbocycles. The maximum atomic E-state index is 10.0. The smallest absolute Gasteiger partial charge is 0.328 e. The van der Waals surface area contributed by atoms with Crippen molar-refractivity contribution in [3.05, 3.63) is 12.3 Å². The van der Waals surface area contributed by atoms with Crippen molar-refractivity contribution in [2.75, 3.05) is 6.61 Å². The SMILES string of the molecule is CC(C)(O)C(C)(C)OBc1ccnn1CCCO. The second kappa shape index (κ2) is 5.86. The molecule has 0 aliphatic heterocycles. The van der Waals surface area contributed by atoms with Crippen LogP contribution in [0.15, 0.2) is 12.3 Å². The Morgan fingerprint density at radius 1 is 1.39 bits per heavy atom. The quantitative estimate of drug-likeness (QED) is 0.662. The van der Waals surface area contributed by atoms with Crippen molar-refractivity contribution in [3.63, 3.8) is 0 Å². The molecule has 0 aliphatic rings. The molecule has 0 fully saturated rings. The standard InChI is InChI=1S/C12H23BN2O3/c1-11(2,17)12(3,4)18-13-10-6-7-14-15(10)8-5-9-16/h6-7,13,16-17H,5,8-9H2,1-4H3. The summed E-state index contributed by atoms with van der Waals surface area (Å²) in [5.41, 5.74) is -0.608. The summed E-state index contributed by atoms with van der Waals surface area (Å²) in [5, 5.41) is 23.0. The molecule has 0 aromatic carbocycles. The molecule has 1 aromatic heterocycles. The van der Waals surface area contributed by atoms with Crippen LogP contribution in [-0.4, -0.2) is 45.3 Å². The van der Waals surface area contributed by atoms with Gasteiger partial charge in [0.2, 0.25) is 0 Å². The monoisotopic (exact) mass is 254 g/mol. The van der Waals surface area contributed by atoms with E-state index in [-0.39, 0.29) is 6.61 Å². The van der Waals surface area contributed by atoms with E-state index in [4.69, 9.17) is 9.76 Å². The van der Waals surface area contributed by atoms with Gasteiger partial charge in [-0.05, 0) is 40.2 Å². The third kappa shape index (κ3) is 3.83. The summed E-state index contributed by atoms with van der Waals surface area (Å²) in [6, 6.07) is 1.89. The molecule has 102 valence electrons. The van der Waals surface area contributed by atoms with Crippen LogP contribution >= 0.6 is 0 Å². The average molecular weight is 254 g/mol. The van der Waals surface area contributed by atoms with E-state index >= 15 is 0 Å². The van der Waals surface area contributed by atoms with Gasteiger partial charge >= 0.3 is 7.48 Å². The number of hydrogen-bond donors (Lipinski definition) is 2. The molecule has 5 nitrogen and oxygen atoms in total. The van der Waals surface area contributed by atoms with Crippen LogP contribution in [0.1, 0.15) is 34.1 Å². The van der Waals surface area contributed by atoms with Gasteiger partial charge in [0, 0.05) is 24.9 Å². The molecule has 1 aromatic rings. The van der Waals surface area contributed by atoms with Crippen LogP contribution in [0.4, 0.5) is 0 Å². The molecule has 0 bridgehead atoms. The van der Waals surface area contributed by atoms with Gasteiger partial charge in [0.05, 0.1) is 11.2 Å². The zero-order valence-corrected chi connectivity index (χ0v) is 11.7. The molecular formula is C12H23BN2O3. The molecule has 6 heteroatoms. The molecule has 1 rings (SSSR count). The van der Waals surface area contributed by atoms with Crippen LogP contribution in [0.3, 0.4) is 0 Å². The number of rotatable bonds is 7. The highest BCUT2D eigenvalue weighted by Gasteiger charge is 2.35. The van der Waals surface area contributed by atoms with Crippen LogP contribution in [0, 0.1) is 0 Å². The number of aryl methyl sites for hydroxylation is 1. The molecule has 0 radical (unpaired) electrons. The summed E-state index contributed by atoms with van der Waals surface area (Å²) in [7, 11) is 0.391. The van der Waals surface area contributed by atoms with Crippen LogP contribution in [0.25, 0.3) is 0 Å². The Kier molecular flexibility index (Phi) is 4.96. The van der Waals surface area contributed by atoms with Crippen molar-refractivity contribution >= 4 is 13.1 Å². The minimum atomic E-state index is -0.914. The third-order valence-corrected chi connectivity index (χ3v) is 3.39. The Morgan fingerprint density at radius 3 is 2.61 bits per heavy atom. The maximum absolute atomic E-state index is 10.0. The number of aliphatic hydroxyl groups is 2. The largest absolute Gasteiger partial charge is 0.425 e. The summed E-state index contributed by atoms with van der Waals surface area (Å²) < 4.78 is 7.60. The Balaban J connectivity index is 2.61. The highest BCUT2D eigenvalue weighted by Crippen LogP contribution is 2.24. The van der Waals surface area contributed by atoms with Gasteiger partial charge in [-0.3, -0.25) is 4.68 Å². The fourth-order valence-electron chi connectivity index (χ4n) is 1.34. The summed E-state index contributed by atoms with van der Waals surface area (Å²) in [4.78, 5) is 0. The zero-order chi connectivity index (χ0) is 13.8. The minimum Gasteiger partial charge on any atom is -0.425 e. The molecule has 0 saturated carbocycles. The van der Waals surface area contributed by atoms with Crippen LogP contribution < -0.4 is 5.59 Å². The van der Waals surface area contributed by atoms with E-state index in [9.17, 15) is 5.11 Å². The molecule has 0 spiro atoms.